The van der Waals surface area contributed by atoms with Gasteiger partial charge in [0.25, 0.3) is 0 Å². The molecule has 2 aromatic rings. The number of hydrogen-bond acceptors (Lipinski definition) is 6. The minimum absolute atomic E-state index is 0.163. The van der Waals surface area contributed by atoms with Gasteiger partial charge in [-0.1, -0.05) is 24.3 Å². The molecule has 1 atom stereocenters. The Kier molecular flexibility index (Phi) is 6.89. The highest BCUT2D eigenvalue weighted by atomic mass is 79.9. The van der Waals surface area contributed by atoms with Crippen LogP contribution in [0.25, 0.3) is 10.8 Å². The van der Waals surface area contributed by atoms with Gasteiger partial charge in [-0.2, -0.15) is 0 Å². The molecule has 1 saturated carbocycles. The quantitative estimate of drug-likeness (QED) is 0.644. The molecule has 2 saturated heterocycles. The molecule has 0 bridgehead atoms. The Labute approximate surface area is 209 Å². The second-order valence-corrected chi connectivity index (χ2v) is 11.9. The number of aromatic nitrogens is 1. The molecular formula is C25H34BrN5OS. The number of benzene rings is 1. The third kappa shape index (κ3) is 4.64. The summed E-state index contributed by atoms with van der Waals surface area (Å²) >= 11 is 5.47. The van der Waals surface area contributed by atoms with Crippen LogP contribution in [0.2, 0.25) is 0 Å². The number of hydrogen-bond donors (Lipinski definition) is 1. The van der Waals surface area contributed by atoms with Gasteiger partial charge in [-0.3, -0.25) is 9.69 Å². The number of nitrogens with two attached hydrogens (primary N) is 1. The molecule has 1 aromatic carbocycles. The van der Waals surface area contributed by atoms with Crippen LogP contribution in [0, 0.1) is 5.92 Å². The molecule has 8 heteroatoms. The molecule has 1 aliphatic carbocycles. The van der Waals surface area contributed by atoms with E-state index in [0.717, 1.165) is 80.3 Å². The lowest BCUT2D eigenvalue weighted by Gasteiger charge is -2.50. The fourth-order valence-electron chi connectivity index (χ4n) is 5.79. The smallest absolute Gasteiger partial charge is 0.240 e. The van der Waals surface area contributed by atoms with Crippen LogP contribution in [0.3, 0.4) is 0 Å². The topological polar surface area (TPSA) is 65.7 Å². The number of pyridine rings is 1. The molecule has 2 aliphatic heterocycles. The second kappa shape index (κ2) is 9.72. The largest absolute Gasteiger partial charge is 0.354 e. The molecule has 3 fully saturated rings. The minimum Gasteiger partial charge on any atom is -0.354 e. The Morgan fingerprint density at radius 1 is 1.15 bits per heavy atom. The Balaban J connectivity index is 1.19. The monoisotopic (exact) mass is 531 g/mol. The van der Waals surface area contributed by atoms with Crippen molar-refractivity contribution in [3.8, 4) is 0 Å². The molecule has 3 heterocycles. The van der Waals surface area contributed by atoms with Crippen LogP contribution in [0.4, 0.5) is 5.82 Å². The van der Waals surface area contributed by atoms with Crippen molar-refractivity contribution < 1.29 is 4.79 Å². The van der Waals surface area contributed by atoms with E-state index in [1.807, 2.05) is 22.9 Å². The highest BCUT2D eigenvalue weighted by Gasteiger charge is 2.41. The number of carbonyl (C=O) groups is 1. The number of carbonyl (C=O) groups excluding carboxylic acids is 1. The van der Waals surface area contributed by atoms with Gasteiger partial charge >= 0.3 is 0 Å². The van der Waals surface area contributed by atoms with E-state index in [2.05, 4.69) is 56.9 Å². The average molecular weight is 533 g/mol. The van der Waals surface area contributed by atoms with E-state index in [0.29, 0.717) is 5.92 Å². The van der Waals surface area contributed by atoms with Gasteiger partial charge in [-0.25, -0.2) is 4.98 Å². The molecule has 0 unspecified atom stereocenters. The Hall–Kier alpha value is -1.35. The summed E-state index contributed by atoms with van der Waals surface area (Å²) < 4.78 is 1.05. The number of anilines is 1. The van der Waals surface area contributed by atoms with Crippen LogP contribution < -0.4 is 10.6 Å². The predicted octanol–water partition coefficient (Wildman–Crippen LogP) is 3.93. The molecule has 178 valence electrons. The normalized spacial score (nSPS) is 27.8. The van der Waals surface area contributed by atoms with E-state index in [-0.39, 0.29) is 17.5 Å². The van der Waals surface area contributed by atoms with Crippen molar-refractivity contribution in [2.24, 2.45) is 11.7 Å². The highest BCUT2D eigenvalue weighted by molar-refractivity contribution is 9.10. The molecule has 1 amide bonds. The number of fused-ring (bicyclic) bond motifs is 1. The third-order valence-electron chi connectivity index (χ3n) is 8.03. The summed E-state index contributed by atoms with van der Waals surface area (Å²) in [7, 11) is 0. The van der Waals surface area contributed by atoms with Gasteiger partial charge in [0.1, 0.15) is 5.82 Å². The Morgan fingerprint density at radius 3 is 2.52 bits per heavy atom. The Bertz CT molecular complexity index is 997. The zero-order valence-corrected chi connectivity index (χ0v) is 21.8. The van der Waals surface area contributed by atoms with E-state index in [4.69, 9.17) is 10.7 Å². The molecule has 5 rings (SSSR count). The standard InChI is InChI=1S/C25H34BrN5OS/c1-25(8-6-18(7-9-25)22(27)24(32)30-14-15-33-17-30)31-12-10-29(11-13-31)23-20-5-3-2-4-19(20)21(26)16-28-23/h2-5,16,18,22H,6-15,17,27H2,1H3/t18?,22-,25?/m0/s1. The summed E-state index contributed by atoms with van der Waals surface area (Å²) in [5.41, 5.74) is 6.64. The lowest BCUT2D eigenvalue weighted by atomic mass is 9.73. The van der Waals surface area contributed by atoms with E-state index < -0.39 is 0 Å². The van der Waals surface area contributed by atoms with Crippen LogP contribution in [0.15, 0.2) is 34.9 Å². The molecule has 0 spiro atoms. The van der Waals surface area contributed by atoms with Gasteiger partial charge < -0.3 is 15.5 Å². The number of rotatable bonds is 4. The number of thioether (sulfide) groups is 1. The maximum atomic E-state index is 12.8. The maximum absolute atomic E-state index is 12.8. The summed E-state index contributed by atoms with van der Waals surface area (Å²) in [6, 6.07) is 8.16. The van der Waals surface area contributed by atoms with Crippen LogP contribution in [-0.4, -0.2) is 76.6 Å². The third-order valence-corrected chi connectivity index (χ3v) is 9.63. The first-order chi connectivity index (χ1) is 16.0. The predicted molar refractivity (Wildman–Crippen MR) is 141 cm³/mol. The van der Waals surface area contributed by atoms with Crippen LogP contribution >= 0.6 is 27.7 Å². The molecule has 3 aliphatic rings. The van der Waals surface area contributed by atoms with Crippen molar-refractivity contribution in [1.82, 2.24) is 14.8 Å². The summed E-state index contributed by atoms with van der Waals surface area (Å²) in [4.78, 5) is 24.6. The van der Waals surface area contributed by atoms with Gasteiger partial charge in [0, 0.05) is 65.5 Å². The van der Waals surface area contributed by atoms with Crippen molar-refractivity contribution in [2.45, 2.75) is 44.2 Å². The van der Waals surface area contributed by atoms with E-state index in [9.17, 15) is 4.79 Å². The van der Waals surface area contributed by atoms with E-state index in [1.165, 1.54) is 10.8 Å². The van der Waals surface area contributed by atoms with Crippen molar-refractivity contribution in [3.05, 3.63) is 34.9 Å². The van der Waals surface area contributed by atoms with Crippen LogP contribution in [-0.2, 0) is 4.79 Å². The first-order valence-corrected chi connectivity index (χ1v) is 14.1. The van der Waals surface area contributed by atoms with Crippen molar-refractivity contribution in [2.75, 3.05) is 49.3 Å². The van der Waals surface area contributed by atoms with Gasteiger partial charge in [0.15, 0.2) is 0 Å². The molecular weight excluding hydrogens is 498 g/mol. The molecule has 33 heavy (non-hydrogen) atoms. The highest BCUT2D eigenvalue weighted by Crippen LogP contribution is 2.39. The van der Waals surface area contributed by atoms with Crippen LogP contribution in [0.5, 0.6) is 0 Å². The summed E-state index contributed by atoms with van der Waals surface area (Å²) in [5.74, 6) is 3.42. The average Bonchev–Trinajstić information content (AvgIpc) is 3.39. The molecule has 6 nitrogen and oxygen atoms in total. The van der Waals surface area contributed by atoms with E-state index in [1.54, 1.807) is 0 Å². The lowest BCUT2D eigenvalue weighted by Crippen LogP contribution is -2.58. The Morgan fingerprint density at radius 2 is 1.85 bits per heavy atom. The van der Waals surface area contributed by atoms with Crippen molar-refractivity contribution in [3.63, 3.8) is 0 Å². The van der Waals surface area contributed by atoms with Gasteiger partial charge in [-0.15, -0.1) is 11.8 Å². The zero-order valence-electron chi connectivity index (χ0n) is 19.4. The summed E-state index contributed by atoms with van der Waals surface area (Å²) in [5, 5.41) is 2.43. The zero-order chi connectivity index (χ0) is 23.0. The number of amides is 1. The number of piperazine rings is 1. The molecule has 1 aromatic heterocycles. The second-order valence-electron chi connectivity index (χ2n) is 9.95. The minimum atomic E-state index is -0.332. The number of halogens is 1. The summed E-state index contributed by atoms with van der Waals surface area (Å²) in [6.45, 7) is 7.34. The van der Waals surface area contributed by atoms with Gasteiger partial charge in [0.05, 0.1) is 11.9 Å². The first-order valence-electron chi connectivity index (χ1n) is 12.1. The van der Waals surface area contributed by atoms with Gasteiger partial charge in [-0.05, 0) is 54.5 Å². The van der Waals surface area contributed by atoms with Gasteiger partial charge in [0.2, 0.25) is 5.91 Å². The lowest BCUT2D eigenvalue weighted by molar-refractivity contribution is -0.133. The first kappa shape index (κ1) is 23.4. The van der Waals surface area contributed by atoms with Crippen molar-refractivity contribution >= 4 is 50.2 Å². The fraction of sp³-hybridized carbons (Fsp3) is 0.600. The molecule has 2 N–H and O–H groups in total. The maximum Gasteiger partial charge on any atom is 0.240 e. The number of nitrogens with zero attached hydrogens (tertiary/aromatic N) is 4. The molecule has 0 radical (unpaired) electrons. The van der Waals surface area contributed by atoms with Crippen LogP contribution in [0.1, 0.15) is 32.6 Å². The van der Waals surface area contributed by atoms with Crippen molar-refractivity contribution in [1.29, 1.82) is 0 Å². The fourth-order valence-corrected chi connectivity index (χ4v) is 7.19. The SMILES string of the molecule is CC1(N2CCN(c3ncc(Br)c4ccccc34)CC2)CCC([C@H](N)C(=O)N2CCSC2)CC1. The van der Waals surface area contributed by atoms with E-state index >= 15 is 0 Å². The summed E-state index contributed by atoms with van der Waals surface area (Å²) in [6.07, 6.45) is 6.25.